The summed E-state index contributed by atoms with van der Waals surface area (Å²) < 4.78 is 23.4. The van der Waals surface area contributed by atoms with Gasteiger partial charge in [-0.25, -0.2) is 9.18 Å². The van der Waals surface area contributed by atoms with Crippen LogP contribution in [-0.4, -0.2) is 40.4 Å². The fourth-order valence-corrected chi connectivity index (χ4v) is 1.72. The molecule has 1 aromatic carbocycles. The number of benzene rings is 1. The number of nitrogen functional groups attached to an aromatic ring is 1. The van der Waals surface area contributed by atoms with Crippen molar-refractivity contribution in [2.45, 2.75) is 6.42 Å². The van der Waals surface area contributed by atoms with Crippen LogP contribution in [0.5, 0.6) is 0 Å². The number of carbonyl (C=O) groups is 1. The molecule has 0 aliphatic carbocycles. The second-order valence-electron chi connectivity index (χ2n) is 4.15. The predicted molar refractivity (Wildman–Crippen MR) is 71.9 cm³/mol. The van der Waals surface area contributed by atoms with Crippen molar-refractivity contribution in [1.29, 1.82) is 0 Å². The highest BCUT2D eigenvalue weighted by molar-refractivity contribution is 5.96. The summed E-state index contributed by atoms with van der Waals surface area (Å²) in [6, 6.07) is 2.54. The van der Waals surface area contributed by atoms with Crippen LogP contribution in [0.15, 0.2) is 12.1 Å². The summed E-state index contributed by atoms with van der Waals surface area (Å²) in [5, 5.41) is 0. The van der Waals surface area contributed by atoms with Gasteiger partial charge in [0.25, 0.3) is 0 Å². The molecule has 5 nitrogen and oxygen atoms in total. The zero-order valence-electron chi connectivity index (χ0n) is 11.4. The van der Waals surface area contributed by atoms with Gasteiger partial charge in [0.15, 0.2) is 0 Å². The van der Waals surface area contributed by atoms with Crippen LogP contribution in [0.2, 0.25) is 0 Å². The number of hydrogen-bond acceptors (Lipinski definition) is 5. The second-order valence-corrected chi connectivity index (χ2v) is 4.15. The molecule has 1 aromatic rings. The Morgan fingerprint density at radius 2 is 2.11 bits per heavy atom. The Kier molecular flexibility index (Phi) is 5.57. The van der Waals surface area contributed by atoms with E-state index in [-0.39, 0.29) is 11.3 Å². The smallest absolute Gasteiger partial charge is 0.340 e. The molecule has 0 atom stereocenters. The van der Waals surface area contributed by atoms with E-state index in [0.29, 0.717) is 18.8 Å². The van der Waals surface area contributed by atoms with Gasteiger partial charge in [-0.3, -0.25) is 0 Å². The SMILES string of the molecule is COCCCN(C)c1cc(C(=O)OC)c(N)cc1F. The number of esters is 1. The van der Waals surface area contributed by atoms with Gasteiger partial charge in [-0.2, -0.15) is 0 Å². The van der Waals surface area contributed by atoms with E-state index in [0.717, 1.165) is 12.5 Å². The van der Waals surface area contributed by atoms with Crippen LogP contribution < -0.4 is 10.6 Å². The molecule has 0 saturated heterocycles. The van der Waals surface area contributed by atoms with Crippen LogP contribution in [0.25, 0.3) is 0 Å². The van der Waals surface area contributed by atoms with E-state index in [1.807, 2.05) is 0 Å². The number of nitrogens with zero attached hydrogens (tertiary/aromatic N) is 1. The van der Waals surface area contributed by atoms with Crippen LogP contribution in [0.1, 0.15) is 16.8 Å². The third-order valence-electron chi connectivity index (χ3n) is 2.78. The number of halogens is 1. The van der Waals surface area contributed by atoms with Gasteiger partial charge >= 0.3 is 5.97 Å². The first-order valence-corrected chi connectivity index (χ1v) is 5.88. The molecule has 0 spiro atoms. The average molecular weight is 270 g/mol. The lowest BCUT2D eigenvalue weighted by atomic mass is 10.1. The molecule has 6 heteroatoms. The molecule has 0 radical (unpaired) electrons. The molecule has 0 bridgehead atoms. The van der Waals surface area contributed by atoms with Gasteiger partial charge < -0.3 is 20.1 Å². The molecule has 0 aliphatic heterocycles. The Morgan fingerprint density at radius 1 is 1.42 bits per heavy atom. The number of anilines is 2. The molecule has 106 valence electrons. The molecule has 0 aromatic heterocycles. The predicted octanol–water partition coefficient (Wildman–Crippen LogP) is 1.67. The standard InChI is InChI=1S/C13H19FN2O3/c1-16(5-4-6-18-2)12-7-9(13(17)19-3)11(15)8-10(12)14/h7-8H,4-6,15H2,1-3H3. The van der Waals surface area contributed by atoms with Crippen LogP contribution in [0.3, 0.4) is 0 Å². The molecule has 0 amide bonds. The van der Waals surface area contributed by atoms with E-state index >= 15 is 0 Å². The zero-order valence-corrected chi connectivity index (χ0v) is 11.4. The maximum Gasteiger partial charge on any atom is 0.340 e. The number of nitrogens with two attached hydrogens (primary N) is 1. The first-order chi connectivity index (χ1) is 9.01. The molecule has 19 heavy (non-hydrogen) atoms. The highest BCUT2D eigenvalue weighted by Gasteiger charge is 2.16. The molecular weight excluding hydrogens is 251 g/mol. The summed E-state index contributed by atoms with van der Waals surface area (Å²) in [6.07, 6.45) is 0.754. The third kappa shape index (κ3) is 3.82. The molecule has 0 heterocycles. The van der Waals surface area contributed by atoms with Crippen LogP contribution in [-0.2, 0) is 9.47 Å². The lowest BCUT2D eigenvalue weighted by Crippen LogP contribution is -2.22. The summed E-state index contributed by atoms with van der Waals surface area (Å²) in [5.74, 6) is -1.05. The highest BCUT2D eigenvalue weighted by Crippen LogP contribution is 2.25. The zero-order chi connectivity index (χ0) is 14.4. The molecule has 1 rings (SSSR count). The monoisotopic (exact) mass is 270 g/mol. The minimum Gasteiger partial charge on any atom is -0.465 e. The summed E-state index contributed by atoms with van der Waals surface area (Å²) in [6.45, 7) is 1.19. The Bertz CT molecular complexity index is 452. The molecule has 0 saturated carbocycles. The van der Waals surface area contributed by atoms with Crippen molar-refractivity contribution in [2.75, 3.05) is 45.1 Å². The maximum absolute atomic E-state index is 13.9. The van der Waals surface area contributed by atoms with Crippen molar-refractivity contribution in [2.24, 2.45) is 0 Å². The Labute approximate surface area is 112 Å². The third-order valence-corrected chi connectivity index (χ3v) is 2.78. The van der Waals surface area contributed by atoms with Gasteiger partial charge in [0.2, 0.25) is 0 Å². The first-order valence-electron chi connectivity index (χ1n) is 5.88. The minimum absolute atomic E-state index is 0.0680. The van der Waals surface area contributed by atoms with E-state index in [9.17, 15) is 9.18 Å². The first kappa shape index (κ1) is 15.2. The normalized spacial score (nSPS) is 10.3. The number of hydrogen-bond donors (Lipinski definition) is 1. The lowest BCUT2D eigenvalue weighted by Gasteiger charge is -2.21. The van der Waals surface area contributed by atoms with Crippen molar-refractivity contribution in [3.63, 3.8) is 0 Å². The summed E-state index contributed by atoms with van der Waals surface area (Å²) in [5.41, 5.74) is 6.15. The largest absolute Gasteiger partial charge is 0.465 e. The van der Waals surface area contributed by atoms with Crippen LogP contribution >= 0.6 is 0 Å². The Hall–Kier alpha value is -1.82. The molecule has 0 unspecified atom stereocenters. The number of carbonyl (C=O) groups excluding carboxylic acids is 1. The summed E-state index contributed by atoms with van der Waals surface area (Å²) >= 11 is 0. The van der Waals surface area contributed by atoms with E-state index in [4.69, 9.17) is 10.5 Å². The van der Waals surface area contributed by atoms with E-state index in [1.54, 1.807) is 19.1 Å². The van der Waals surface area contributed by atoms with Gasteiger partial charge in [-0.15, -0.1) is 0 Å². The summed E-state index contributed by atoms with van der Waals surface area (Å²) in [4.78, 5) is 13.2. The Balaban J connectivity index is 2.96. The van der Waals surface area contributed by atoms with Gasteiger partial charge in [-0.1, -0.05) is 0 Å². The van der Waals surface area contributed by atoms with Crippen molar-refractivity contribution in [3.05, 3.63) is 23.5 Å². The fraction of sp³-hybridized carbons (Fsp3) is 0.462. The maximum atomic E-state index is 13.9. The molecular formula is C13H19FN2O3. The van der Waals surface area contributed by atoms with Crippen molar-refractivity contribution >= 4 is 17.3 Å². The molecule has 2 N–H and O–H groups in total. The Morgan fingerprint density at radius 3 is 2.68 bits per heavy atom. The number of ether oxygens (including phenoxy) is 2. The van der Waals surface area contributed by atoms with Gasteiger partial charge in [0.05, 0.1) is 18.4 Å². The quantitative estimate of drug-likeness (QED) is 0.484. The lowest BCUT2D eigenvalue weighted by molar-refractivity contribution is 0.0602. The van der Waals surface area contributed by atoms with Crippen LogP contribution in [0, 0.1) is 5.82 Å². The van der Waals surface area contributed by atoms with E-state index in [2.05, 4.69) is 4.74 Å². The van der Waals surface area contributed by atoms with E-state index < -0.39 is 11.8 Å². The number of methoxy groups -OCH3 is 2. The second kappa shape index (κ2) is 6.94. The fourth-order valence-electron chi connectivity index (χ4n) is 1.72. The van der Waals surface area contributed by atoms with Crippen molar-refractivity contribution in [3.8, 4) is 0 Å². The number of rotatable bonds is 6. The highest BCUT2D eigenvalue weighted by atomic mass is 19.1. The topological polar surface area (TPSA) is 64.8 Å². The average Bonchev–Trinajstić information content (AvgIpc) is 2.38. The molecule has 0 fully saturated rings. The van der Waals surface area contributed by atoms with Gasteiger partial charge in [0, 0.05) is 33.0 Å². The van der Waals surface area contributed by atoms with Crippen molar-refractivity contribution < 1.29 is 18.7 Å². The van der Waals surface area contributed by atoms with Gasteiger partial charge in [0.1, 0.15) is 5.82 Å². The van der Waals surface area contributed by atoms with Crippen LogP contribution in [0.4, 0.5) is 15.8 Å². The molecule has 0 aliphatic rings. The van der Waals surface area contributed by atoms with Crippen molar-refractivity contribution in [1.82, 2.24) is 0 Å². The summed E-state index contributed by atoms with van der Waals surface area (Å²) in [7, 11) is 4.61. The van der Waals surface area contributed by atoms with E-state index in [1.165, 1.54) is 13.2 Å². The minimum atomic E-state index is -0.580. The van der Waals surface area contributed by atoms with Gasteiger partial charge in [-0.05, 0) is 18.6 Å².